The van der Waals surface area contributed by atoms with Gasteiger partial charge in [-0.05, 0) is 24.1 Å². The van der Waals surface area contributed by atoms with E-state index in [1.54, 1.807) is 4.90 Å². The summed E-state index contributed by atoms with van der Waals surface area (Å²) in [6, 6.07) is 7.65. The van der Waals surface area contributed by atoms with E-state index in [0.29, 0.717) is 24.1 Å². The molecule has 7 heteroatoms. The lowest BCUT2D eigenvalue weighted by atomic mass is 10.2. The van der Waals surface area contributed by atoms with E-state index >= 15 is 0 Å². The fourth-order valence-electron chi connectivity index (χ4n) is 2.12. The Morgan fingerprint density at radius 1 is 1.29 bits per heavy atom. The van der Waals surface area contributed by atoms with Gasteiger partial charge in [-0.15, -0.1) is 10.2 Å². The van der Waals surface area contributed by atoms with Crippen molar-refractivity contribution >= 4 is 29.3 Å². The van der Waals surface area contributed by atoms with Crippen molar-refractivity contribution in [3.8, 4) is 0 Å². The highest BCUT2D eigenvalue weighted by atomic mass is 35.5. The third kappa shape index (κ3) is 3.77. The summed E-state index contributed by atoms with van der Waals surface area (Å²) < 4.78 is 5.56. The Hall–Kier alpha value is -1.53. The van der Waals surface area contributed by atoms with Crippen LogP contribution in [0.2, 0.25) is 5.02 Å². The summed E-state index contributed by atoms with van der Waals surface area (Å²) in [5.74, 6) is 1.38. The largest absolute Gasteiger partial charge is 0.414 e. The van der Waals surface area contributed by atoms with Crippen LogP contribution >= 0.6 is 23.4 Å². The predicted molar refractivity (Wildman–Crippen MR) is 80.0 cm³/mol. The number of nitrogens with zero attached hydrogens (tertiary/aromatic N) is 3. The number of aromatic nitrogens is 2. The molecule has 0 spiro atoms. The predicted octanol–water partition coefficient (Wildman–Crippen LogP) is 3.14. The first-order valence-corrected chi connectivity index (χ1v) is 8.04. The van der Waals surface area contributed by atoms with Crippen molar-refractivity contribution in [2.75, 3.05) is 6.54 Å². The van der Waals surface area contributed by atoms with Gasteiger partial charge >= 0.3 is 0 Å². The van der Waals surface area contributed by atoms with Crippen LogP contribution in [-0.4, -0.2) is 27.5 Å². The Bertz CT molecular complexity index is 629. The zero-order valence-corrected chi connectivity index (χ0v) is 12.9. The van der Waals surface area contributed by atoms with Crippen molar-refractivity contribution in [1.82, 2.24) is 15.1 Å². The van der Waals surface area contributed by atoms with Crippen molar-refractivity contribution in [1.29, 1.82) is 0 Å². The number of benzene rings is 1. The van der Waals surface area contributed by atoms with Gasteiger partial charge in [-0.25, -0.2) is 0 Å². The summed E-state index contributed by atoms with van der Waals surface area (Å²) in [6.07, 6.45) is 1.53. The van der Waals surface area contributed by atoms with Gasteiger partial charge in [0, 0.05) is 23.7 Å². The first-order chi connectivity index (χ1) is 10.2. The second-order valence-electron chi connectivity index (χ2n) is 4.80. The van der Waals surface area contributed by atoms with Crippen LogP contribution in [0.3, 0.4) is 0 Å². The fraction of sp³-hybridized carbons (Fsp3) is 0.357. The quantitative estimate of drug-likeness (QED) is 0.791. The highest BCUT2D eigenvalue weighted by Gasteiger charge is 2.22. The molecule has 1 fully saturated rings. The molecule has 1 aromatic carbocycles. The Labute approximate surface area is 131 Å². The van der Waals surface area contributed by atoms with Gasteiger partial charge in [-0.1, -0.05) is 35.5 Å². The van der Waals surface area contributed by atoms with Crippen molar-refractivity contribution in [2.24, 2.45) is 0 Å². The Morgan fingerprint density at radius 2 is 2.10 bits per heavy atom. The van der Waals surface area contributed by atoms with Crippen LogP contribution in [0.15, 0.2) is 33.9 Å². The third-order valence-electron chi connectivity index (χ3n) is 3.22. The summed E-state index contributed by atoms with van der Waals surface area (Å²) in [7, 11) is 0. The van der Waals surface area contributed by atoms with E-state index in [9.17, 15) is 4.79 Å². The van der Waals surface area contributed by atoms with Gasteiger partial charge in [0.15, 0.2) is 0 Å². The standard InChI is InChI=1S/C14H14ClN3O2S/c15-11-5-3-10(4-6-11)9-21-14-17-16-12(20-14)8-18-7-1-2-13(18)19/h3-6H,1-2,7-9H2. The number of halogens is 1. The maximum Gasteiger partial charge on any atom is 0.276 e. The van der Waals surface area contributed by atoms with Crippen molar-refractivity contribution in [2.45, 2.75) is 30.4 Å². The van der Waals surface area contributed by atoms with Crippen molar-refractivity contribution < 1.29 is 9.21 Å². The molecule has 0 N–H and O–H groups in total. The van der Waals surface area contributed by atoms with E-state index in [1.807, 2.05) is 24.3 Å². The van der Waals surface area contributed by atoms with Gasteiger partial charge in [0.05, 0.1) is 6.54 Å². The summed E-state index contributed by atoms with van der Waals surface area (Å²) in [6.45, 7) is 1.18. The van der Waals surface area contributed by atoms with Gasteiger partial charge < -0.3 is 9.32 Å². The molecule has 3 rings (SSSR count). The third-order valence-corrected chi connectivity index (χ3v) is 4.36. The van der Waals surface area contributed by atoms with Crippen LogP contribution in [0.25, 0.3) is 0 Å². The summed E-state index contributed by atoms with van der Waals surface area (Å²) in [5, 5.41) is 9.23. The van der Waals surface area contributed by atoms with E-state index in [-0.39, 0.29) is 5.91 Å². The van der Waals surface area contributed by atoms with E-state index in [4.69, 9.17) is 16.0 Å². The zero-order valence-electron chi connectivity index (χ0n) is 11.3. The molecule has 0 aliphatic carbocycles. The summed E-state index contributed by atoms with van der Waals surface area (Å²) >= 11 is 7.32. The van der Waals surface area contributed by atoms with Crippen molar-refractivity contribution in [3.05, 3.63) is 40.7 Å². The SMILES string of the molecule is O=C1CCCN1Cc1nnc(SCc2ccc(Cl)cc2)o1. The van der Waals surface area contributed by atoms with E-state index < -0.39 is 0 Å². The van der Waals surface area contributed by atoms with Crippen LogP contribution in [0.4, 0.5) is 0 Å². The molecule has 5 nitrogen and oxygen atoms in total. The highest BCUT2D eigenvalue weighted by molar-refractivity contribution is 7.98. The number of thioether (sulfide) groups is 1. The molecule has 110 valence electrons. The Kier molecular flexibility index (Phi) is 4.45. The lowest BCUT2D eigenvalue weighted by Gasteiger charge is -2.11. The normalized spacial score (nSPS) is 14.9. The number of rotatable bonds is 5. The van der Waals surface area contributed by atoms with Gasteiger partial charge in [0.1, 0.15) is 0 Å². The smallest absolute Gasteiger partial charge is 0.276 e. The minimum absolute atomic E-state index is 0.156. The highest BCUT2D eigenvalue weighted by Crippen LogP contribution is 2.23. The number of hydrogen-bond acceptors (Lipinski definition) is 5. The molecular formula is C14H14ClN3O2S. The molecule has 0 atom stereocenters. The van der Waals surface area contributed by atoms with Crippen LogP contribution in [0, 0.1) is 0 Å². The van der Waals surface area contributed by atoms with Crippen molar-refractivity contribution in [3.63, 3.8) is 0 Å². The van der Waals surface area contributed by atoms with Gasteiger partial charge in [0.25, 0.3) is 5.22 Å². The lowest BCUT2D eigenvalue weighted by molar-refractivity contribution is -0.128. The number of likely N-dealkylation sites (tertiary alicyclic amines) is 1. The van der Waals surface area contributed by atoms with E-state index in [1.165, 1.54) is 11.8 Å². The Morgan fingerprint density at radius 3 is 2.81 bits per heavy atom. The van der Waals surface area contributed by atoms with Crippen LogP contribution in [0.5, 0.6) is 0 Å². The number of carbonyl (C=O) groups excluding carboxylic acids is 1. The maximum absolute atomic E-state index is 11.5. The number of hydrogen-bond donors (Lipinski definition) is 0. The molecule has 0 saturated carbocycles. The molecule has 1 saturated heterocycles. The summed E-state index contributed by atoms with van der Waals surface area (Å²) in [4.78, 5) is 13.3. The first-order valence-electron chi connectivity index (χ1n) is 6.68. The minimum atomic E-state index is 0.156. The molecule has 2 aromatic rings. The fourth-order valence-corrected chi connectivity index (χ4v) is 2.98. The van der Waals surface area contributed by atoms with Gasteiger partial charge in [-0.2, -0.15) is 0 Å². The molecule has 2 heterocycles. The first kappa shape index (κ1) is 14.4. The van der Waals surface area contributed by atoms with Crippen LogP contribution in [0.1, 0.15) is 24.3 Å². The molecule has 1 aliphatic rings. The second-order valence-corrected chi connectivity index (χ2v) is 6.16. The average molecular weight is 324 g/mol. The molecule has 21 heavy (non-hydrogen) atoms. The molecule has 0 unspecified atom stereocenters. The van der Waals surface area contributed by atoms with Gasteiger partial charge in [0.2, 0.25) is 11.8 Å². The average Bonchev–Trinajstić information content (AvgIpc) is 3.09. The number of amides is 1. The molecule has 1 aliphatic heterocycles. The minimum Gasteiger partial charge on any atom is -0.414 e. The maximum atomic E-state index is 11.5. The second kappa shape index (κ2) is 6.49. The molecule has 1 amide bonds. The molecular weight excluding hydrogens is 310 g/mol. The van der Waals surface area contributed by atoms with Crippen LogP contribution in [-0.2, 0) is 17.1 Å². The molecule has 0 radical (unpaired) electrons. The topological polar surface area (TPSA) is 59.2 Å². The van der Waals surface area contributed by atoms with E-state index in [0.717, 1.165) is 29.3 Å². The molecule has 1 aromatic heterocycles. The van der Waals surface area contributed by atoms with Gasteiger partial charge in [-0.3, -0.25) is 4.79 Å². The van der Waals surface area contributed by atoms with Crippen LogP contribution < -0.4 is 0 Å². The summed E-state index contributed by atoms with van der Waals surface area (Å²) in [5.41, 5.74) is 1.14. The zero-order chi connectivity index (χ0) is 14.7. The monoisotopic (exact) mass is 323 g/mol. The lowest BCUT2D eigenvalue weighted by Crippen LogP contribution is -2.23. The Balaban J connectivity index is 1.55. The number of carbonyl (C=O) groups is 1. The van der Waals surface area contributed by atoms with E-state index in [2.05, 4.69) is 10.2 Å². The molecule has 0 bridgehead atoms.